The molecule has 0 unspecified atom stereocenters. The van der Waals surface area contributed by atoms with Crippen LogP contribution in [-0.4, -0.2) is 41.5 Å². The second kappa shape index (κ2) is 8.25. The number of allylic oxidation sites excluding steroid dienone is 1. The average molecular weight is 358 g/mol. The van der Waals surface area contributed by atoms with E-state index in [1.54, 1.807) is 22.3 Å². The third-order valence-electron chi connectivity index (χ3n) is 4.26. The quantitative estimate of drug-likeness (QED) is 0.606. The van der Waals surface area contributed by atoms with E-state index in [1.165, 1.54) is 10.8 Å². The van der Waals surface area contributed by atoms with Gasteiger partial charge in [0.2, 0.25) is 0 Å². The SMILES string of the molecule is CC/C=C/C(=O)OCC(=O)N1CCC[C@H](c2nc3ccccc3s2)C1. The van der Waals surface area contributed by atoms with E-state index in [9.17, 15) is 9.59 Å². The van der Waals surface area contributed by atoms with Crippen molar-refractivity contribution in [2.45, 2.75) is 32.1 Å². The summed E-state index contributed by atoms with van der Waals surface area (Å²) in [5.74, 6) is -0.343. The van der Waals surface area contributed by atoms with E-state index in [0.717, 1.165) is 29.8 Å². The van der Waals surface area contributed by atoms with Crippen molar-refractivity contribution in [2.75, 3.05) is 19.7 Å². The Morgan fingerprint density at radius 3 is 3.04 bits per heavy atom. The molecule has 132 valence electrons. The summed E-state index contributed by atoms with van der Waals surface area (Å²) in [6.07, 6.45) is 5.82. The Kier molecular flexibility index (Phi) is 5.81. The van der Waals surface area contributed by atoms with Gasteiger partial charge < -0.3 is 9.64 Å². The van der Waals surface area contributed by atoms with Crippen molar-refractivity contribution in [1.29, 1.82) is 0 Å². The molecule has 0 N–H and O–H groups in total. The Labute approximate surface area is 151 Å². The number of carbonyl (C=O) groups is 2. The second-order valence-electron chi connectivity index (χ2n) is 6.12. The third-order valence-corrected chi connectivity index (χ3v) is 5.46. The van der Waals surface area contributed by atoms with E-state index in [0.29, 0.717) is 13.1 Å². The molecule has 1 aliphatic heterocycles. The molecule has 0 bridgehead atoms. The minimum atomic E-state index is -0.463. The van der Waals surface area contributed by atoms with Crippen LogP contribution >= 0.6 is 11.3 Å². The van der Waals surface area contributed by atoms with Crippen LogP contribution in [0.5, 0.6) is 0 Å². The summed E-state index contributed by atoms with van der Waals surface area (Å²) in [7, 11) is 0. The number of thiazole rings is 1. The molecule has 1 fully saturated rings. The van der Waals surface area contributed by atoms with Gasteiger partial charge in [-0.2, -0.15) is 0 Å². The first kappa shape index (κ1) is 17.6. The van der Waals surface area contributed by atoms with Crippen LogP contribution in [0.3, 0.4) is 0 Å². The number of piperidine rings is 1. The Bertz CT molecular complexity index is 751. The fourth-order valence-electron chi connectivity index (χ4n) is 2.96. The first-order valence-corrected chi connectivity index (χ1v) is 9.45. The highest BCUT2D eigenvalue weighted by Crippen LogP contribution is 2.32. The highest BCUT2D eigenvalue weighted by atomic mass is 32.1. The van der Waals surface area contributed by atoms with Gasteiger partial charge in [-0.25, -0.2) is 9.78 Å². The highest BCUT2D eigenvalue weighted by Gasteiger charge is 2.27. The van der Waals surface area contributed by atoms with Crippen LogP contribution in [-0.2, 0) is 14.3 Å². The third kappa shape index (κ3) is 4.45. The monoisotopic (exact) mass is 358 g/mol. The predicted octanol–water partition coefficient (Wildman–Crippen LogP) is 3.51. The van der Waals surface area contributed by atoms with Crippen molar-refractivity contribution >= 4 is 33.4 Å². The largest absolute Gasteiger partial charge is 0.452 e. The molecular formula is C19H22N2O3S. The number of carbonyl (C=O) groups excluding carboxylic acids is 2. The minimum absolute atomic E-state index is 0.135. The number of hydrogen-bond acceptors (Lipinski definition) is 5. The molecule has 1 saturated heterocycles. The molecule has 0 aliphatic carbocycles. The molecular weight excluding hydrogens is 336 g/mol. The maximum absolute atomic E-state index is 12.3. The Hall–Kier alpha value is -2.21. The van der Waals surface area contributed by atoms with E-state index < -0.39 is 5.97 Å². The molecule has 0 radical (unpaired) electrons. The summed E-state index contributed by atoms with van der Waals surface area (Å²) in [5.41, 5.74) is 1.02. The van der Waals surface area contributed by atoms with Gasteiger partial charge in [-0.05, 0) is 31.4 Å². The van der Waals surface area contributed by atoms with Crippen molar-refractivity contribution in [1.82, 2.24) is 9.88 Å². The van der Waals surface area contributed by atoms with Gasteiger partial charge in [0, 0.05) is 25.1 Å². The first-order chi connectivity index (χ1) is 12.2. The van der Waals surface area contributed by atoms with Crippen molar-refractivity contribution in [3.05, 3.63) is 41.4 Å². The molecule has 3 rings (SSSR count). The summed E-state index contributed by atoms with van der Waals surface area (Å²) < 4.78 is 6.20. The van der Waals surface area contributed by atoms with Crippen molar-refractivity contribution in [3.63, 3.8) is 0 Å². The zero-order chi connectivity index (χ0) is 17.6. The fraction of sp³-hybridized carbons (Fsp3) is 0.421. The lowest BCUT2D eigenvalue weighted by Gasteiger charge is -2.31. The maximum Gasteiger partial charge on any atom is 0.330 e. The zero-order valence-electron chi connectivity index (χ0n) is 14.3. The van der Waals surface area contributed by atoms with Gasteiger partial charge in [-0.1, -0.05) is 25.1 Å². The Morgan fingerprint density at radius 2 is 2.24 bits per heavy atom. The number of amides is 1. The number of benzene rings is 1. The topological polar surface area (TPSA) is 59.5 Å². The van der Waals surface area contributed by atoms with Crippen LogP contribution in [0.1, 0.15) is 37.1 Å². The van der Waals surface area contributed by atoms with Crippen LogP contribution in [0.15, 0.2) is 36.4 Å². The van der Waals surface area contributed by atoms with Gasteiger partial charge >= 0.3 is 5.97 Å². The lowest BCUT2D eigenvalue weighted by atomic mass is 9.99. The van der Waals surface area contributed by atoms with Crippen LogP contribution in [0, 0.1) is 0 Å². The summed E-state index contributed by atoms with van der Waals surface area (Å²) in [4.78, 5) is 30.3. The molecule has 5 nitrogen and oxygen atoms in total. The van der Waals surface area contributed by atoms with E-state index >= 15 is 0 Å². The molecule has 2 heterocycles. The molecule has 1 aromatic carbocycles. The average Bonchev–Trinajstić information content (AvgIpc) is 3.08. The van der Waals surface area contributed by atoms with E-state index in [4.69, 9.17) is 9.72 Å². The molecule has 6 heteroatoms. The zero-order valence-corrected chi connectivity index (χ0v) is 15.1. The molecule has 1 amide bonds. The van der Waals surface area contributed by atoms with Gasteiger partial charge in [0.15, 0.2) is 6.61 Å². The van der Waals surface area contributed by atoms with Crippen LogP contribution < -0.4 is 0 Å². The normalized spacial score (nSPS) is 18.0. The molecule has 2 aromatic rings. The molecule has 25 heavy (non-hydrogen) atoms. The molecule has 1 atom stereocenters. The maximum atomic E-state index is 12.3. The Balaban J connectivity index is 1.59. The van der Waals surface area contributed by atoms with E-state index in [2.05, 4.69) is 6.07 Å². The number of nitrogens with zero attached hydrogens (tertiary/aromatic N) is 2. The highest BCUT2D eigenvalue weighted by molar-refractivity contribution is 7.18. The standard InChI is InChI=1S/C19H22N2O3S/c1-2-3-10-18(23)24-13-17(22)21-11-6-7-14(12-21)19-20-15-8-4-5-9-16(15)25-19/h3-5,8-10,14H,2,6-7,11-13H2,1H3/b10-3+/t14-/m0/s1. The van der Waals surface area contributed by atoms with Crippen molar-refractivity contribution in [3.8, 4) is 0 Å². The van der Waals surface area contributed by atoms with Crippen LogP contribution in [0.25, 0.3) is 10.2 Å². The van der Waals surface area contributed by atoms with E-state index in [-0.39, 0.29) is 18.4 Å². The second-order valence-corrected chi connectivity index (χ2v) is 7.18. The number of aromatic nitrogens is 1. The molecule has 1 aromatic heterocycles. The number of fused-ring (bicyclic) bond motifs is 1. The van der Waals surface area contributed by atoms with Gasteiger partial charge in [0.25, 0.3) is 5.91 Å². The van der Waals surface area contributed by atoms with Gasteiger partial charge in [0.1, 0.15) is 0 Å². The van der Waals surface area contributed by atoms with Gasteiger partial charge in [0.05, 0.1) is 15.2 Å². The number of likely N-dealkylation sites (tertiary alicyclic amines) is 1. The lowest BCUT2D eigenvalue weighted by Crippen LogP contribution is -2.41. The number of ether oxygens (including phenoxy) is 1. The summed E-state index contributed by atoms with van der Waals surface area (Å²) in [6, 6.07) is 8.10. The van der Waals surface area contributed by atoms with Crippen molar-refractivity contribution < 1.29 is 14.3 Å². The predicted molar refractivity (Wildman–Crippen MR) is 98.6 cm³/mol. The summed E-state index contributed by atoms with van der Waals surface area (Å²) in [6.45, 7) is 3.09. The van der Waals surface area contributed by atoms with E-state index in [1.807, 2.05) is 25.1 Å². The first-order valence-electron chi connectivity index (χ1n) is 8.64. The number of para-hydroxylation sites is 1. The van der Waals surface area contributed by atoms with Crippen LogP contribution in [0.4, 0.5) is 0 Å². The number of hydrogen-bond donors (Lipinski definition) is 0. The number of rotatable bonds is 5. The van der Waals surface area contributed by atoms with Crippen LogP contribution in [0.2, 0.25) is 0 Å². The van der Waals surface area contributed by atoms with Gasteiger partial charge in [-0.15, -0.1) is 11.3 Å². The lowest BCUT2D eigenvalue weighted by molar-refractivity contribution is -0.148. The summed E-state index contributed by atoms with van der Waals surface area (Å²) in [5, 5.41) is 1.08. The molecule has 0 spiro atoms. The minimum Gasteiger partial charge on any atom is -0.452 e. The molecule has 0 saturated carbocycles. The smallest absolute Gasteiger partial charge is 0.330 e. The molecule has 1 aliphatic rings. The fourth-order valence-corrected chi connectivity index (χ4v) is 4.05. The van der Waals surface area contributed by atoms with Crippen molar-refractivity contribution in [2.24, 2.45) is 0 Å². The summed E-state index contributed by atoms with van der Waals surface area (Å²) >= 11 is 1.70. The Morgan fingerprint density at radius 1 is 1.40 bits per heavy atom. The number of esters is 1. The van der Waals surface area contributed by atoms with Gasteiger partial charge in [-0.3, -0.25) is 4.79 Å².